The van der Waals surface area contributed by atoms with E-state index < -0.39 is 17.9 Å². The highest BCUT2D eigenvalue weighted by Gasteiger charge is 2.25. The van der Waals surface area contributed by atoms with Gasteiger partial charge in [0.25, 0.3) is 5.78 Å². The molecule has 0 aliphatic carbocycles. The van der Waals surface area contributed by atoms with Crippen LogP contribution in [-0.4, -0.2) is 33.5 Å². The summed E-state index contributed by atoms with van der Waals surface area (Å²) in [4.78, 5) is 28.8. The van der Waals surface area contributed by atoms with E-state index >= 15 is 0 Å². The van der Waals surface area contributed by atoms with Gasteiger partial charge in [0.1, 0.15) is 29.4 Å². The summed E-state index contributed by atoms with van der Waals surface area (Å²) in [6, 6.07) is 16.7. The lowest BCUT2D eigenvalue weighted by Crippen LogP contribution is -2.16. The lowest BCUT2D eigenvalue weighted by molar-refractivity contribution is -0.135. The summed E-state index contributed by atoms with van der Waals surface area (Å²) in [5.41, 5.74) is 3.44. The Bertz CT molecular complexity index is 1220. The van der Waals surface area contributed by atoms with E-state index in [1.165, 1.54) is 7.11 Å². The van der Waals surface area contributed by atoms with E-state index in [1.807, 2.05) is 49.6 Å². The molecule has 7 nitrogen and oxygen atoms in total. The Labute approximate surface area is 199 Å². The topological polar surface area (TPSA) is 105 Å². The summed E-state index contributed by atoms with van der Waals surface area (Å²) in [6.45, 7) is 6.27. The number of carbonyl (C=O) groups is 2. The molecule has 2 aromatic carbocycles. The Balaban J connectivity index is 1.96. The molecule has 1 aromatic heterocycles. The Morgan fingerprint density at radius 1 is 1.15 bits per heavy atom. The van der Waals surface area contributed by atoms with Gasteiger partial charge in [-0.25, -0.2) is 9.78 Å². The number of aryl methyl sites for hydroxylation is 1. The fraction of sp³-hybridized carbons (Fsp3) is 0.333. The van der Waals surface area contributed by atoms with E-state index in [4.69, 9.17) is 0 Å². The minimum Gasteiger partial charge on any atom is -0.463 e. The van der Waals surface area contributed by atoms with Crippen LogP contribution in [0, 0.1) is 17.2 Å². The number of ether oxygens (including phenoxy) is 1. The highest BCUT2D eigenvalue weighted by Crippen LogP contribution is 2.28. The molecule has 0 saturated heterocycles. The van der Waals surface area contributed by atoms with Crippen molar-refractivity contribution in [3.05, 3.63) is 76.9 Å². The third-order valence-electron chi connectivity index (χ3n) is 5.71. The second kappa shape index (κ2) is 10.9. The number of esters is 1. The van der Waals surface area contributed by atoms with Crippen LogP contribution in [-0.2, 0) is 22.5 Å². The number of ketones is 1. The standard InChI is InChI=1S/C27H29N3O4/c1-5-8-23-29-24(25(31)17(2)3)22(15-28)30(23)16-18-11-13-19(14-12-18)20-9-6-7-10-21(20)26(32)27(33)34-4/h6-7,9-14,17,25,31H,5,8,16H2,1-4H3. The van der Waals surface area contributed by atoms with Gasteiger partial charge in [-0.05, 0) is 29.0 Å². The van der Waals surface area contributed by atoms with E-state index in [-0.39, 0.29) is 11.5 Å². The molecule has 0 fully saturated rings. The first-order chi connectivity index (χ1) is 16.3. The fourth-order valence-electron chi connectivity index (χ4n) is 3.85. The maximum Gasteiger partial charge on any atom is 0.379 e. The molecule has 3 aromatic rings. The lowest BCUT2D eigenvalue weighted by Gasteiger charge is -2.13. The van der Waals surface area contributed by atoms with Crippen molar-refractivity contribution in [1.82, 2.24) is 9.55 Å². The predicted molar refractivity (Wildman–Crippen MR) is 128 cm³/mol. The Morgan fingerprint density at radius 3 is 2.41 bits per heavy atom. The van der Waals surface area contributed by atoms with Gasteiger partial charge in [0, 0.05) is 18.5 Å². The normalized spacial score (nSPS) is 11.8. The summed E-state index contributed by atoms with van der Waals surface area (Å²) in [6.07, 6.45) is 0.752. The highest BCUT2D eigenvalue weighted by molar-refractivity contribution is 6.41. The smallest absolute Gasteiger partial charge is 0.379 e. The third kappa shape index (κ3) is 5.08. The van der Waals surface area contributed by atoms with Gasteiger partial charge in [-0.3, -0.25) is 4.79 Å². The van der Waals surface area contributed by atoms with Crippen LogP contribution in [0.1, 0.15) is 66.4 Å². The van der Waals surface area contributed by atoms with Crippen LogP contribution < -0.4 is 0 Å². The molecule has 1 atom stereocenters. The molecular weight excluding hydrogens is 430 g/mol. The van der Waals surface area contributed by atoms with Crippen molar-refractivity contribution in [3.63, 3.8) is 0 Å². The predicted octanol–water partition coefficient (Wildman–Crippen LogP) is 4.47. The number of hydrogen-bond acceptors (Lipinski definition) is 6. The van der Waals surface area contributed by atoms with E-state index in [9.17, 15) is 20.0 Å². The molecule has 0 amide bonds. The molecule has 0 aliphatic rings. The molecule has 176 valence electrons. The Kier molecular flexibility index (Phi) is 7.98. The number of rotatable bonds is 9. The number of benzene rings is 2. The van der Waals surface area contributed by atoms with Gasteiger partial charge in [-0.1, -0.05) is 69.3 Å². The maximum absolute atomic E-state index is 12.4. The third-order valence-corrected chi connectivity index (χ3v) is 5.71. The summed E-state index contributed by atoms with van der Waals surface area (Å²) in [5.74, 6) is -0.889. The van der Waals surface area contributed by atoms with Crippen molar-refractivity contribution >= 4 is 11.8 Å². The molecule has 1 N–H and O–H groups in total. The molecule has 34 heavy (non-hydrogen) atoms. The first-order valence-electron chi connectivity index (χ1n) is 11.3. The number of aliphatic hydroxyl groups is 1. The van der Waals surface area contributed by atoms with Gasteiger partial charge in [-0.15, -0.1) is 0 Å². The summed E-state index contributed by atoms with van der Waals surface area (Å²) in [5, 5.41) is 20.4. The van der Waals surface area contributed by atoms with Crippen molar-refractivity contribution in [2.75, 3.05) is 7.11 Å². The number of Topliss-reactive ketones (excluding diaryl/α,β-unsaturated/α-hetero) is 1. The van der Waals surface area contributed by atoms with Crippen LogP contribution in [0.15, 0.2) is 48.5 Å². The molecule has 0 saturated carbocycles. The van der Waals surface area contributed by atoms with Gasteiger partial charge in [0.05, 0.1) is 7.11 Å². The molecule has 0 bridgehead atoms. The number of nitriles is 1. The van der Waals surface area contributed by atoms with Crippen LogP contribution >= 0.6 is 0 Å². The molecule has 1 heterocycles. The monoisotopic (exact) mass is 459 g/mol. The molecule has 1 unspecified atom stereocenters. The van der Waals surface area contributed by atoms with Crippen LogP contribution in [0.25, 0.3) is 11.1 Å². The number of carbonyl (C=O) groups excluding carboxylic acids is 2. The van der Waals surface area contributed by atoms with Crippen LogP contribution in [0.4, 0.5) is 0 Å². The highest BCUT2D eigenvalue weighted by atomic mass is 16.5. The van der Waals surface area contributed by atoms with Crippen molar-refractivity contribution in [2.45, 2.75) is 46.3 Å². The van der Waals surface area contributed by atoms with Gasteiger partial charge >= 0.3 is 5.97 Å². The minimum atomic E-state index is -0.906. The van der Waals surface area contributed by atoms with Gasteiger partial charge < -0.3 is 14.4 Å². The first-order valence-corrected chi connectivity index (χ1v) is 11.3. The second-order valence-electron chi connectivity index (χ2n) is 8.46. The quantitative estimate of drug-likeness (QED) is 0.288. The average molecular weight is 460 g/mol. The first kappa shape index (κ1) is 24.9. The van der Waals surface area contributed by atoms with E-state index in [0.29, 0.717) is 29.9 Å². The summed E-state index contributed by atoms with van der Waals surface area (Å²) < 4.78 is 6.46. The lowest BCUT2D eigenvalue weighted by atomic mass is 9.96. The van der Waals surface area contributed by atoms with E-state index in [0.717, 1.165) is 23.4 Å². The summed E-state index contributed by atoms with van der Waals surface area (Å²) >= 11 is 0. The van der Waals surface area contributed by atoms with Gasteiger partial charge in [0.15, 0.2) is 0 Å². The SMILES string of the molecule is CCCc1nc(C(O)C(C)C)c(C#N)n1Cc1ccc(-c2ccccc2C(=O)C(=O)OC)cc1. The molecule has 7 heteroatoms. The van der Waals surface area contributed by atoms with E-state index in [2.05, 4.69) is 15.8 Å². The second-order valence-corrected chi connectivity index (χ2v) is 8.46. The zero-order valence-electron chi connectivity index (χ0n) is 19.9. The van der Waals surface area contributed by atoms with Crippen molar-refractivity contribution in [1.29, 1.82) is 5.26 Å². The van der Waals surface area contributed by atoms with Crippen molar-refractivity contribution in [3.8, 4) is 17.2 Å². The summed E-state index contributed by atoms with van der Waals surface area (Å²) in [7, 11) is 1.18. The Hall–Kier alpha value is -3.76. The molecule has 0 aliphatic heterocycles. The van der Waals surface area contributed by atoms with Crippen LogP contribution in [0.3, 0.4) is 0 Å². The maximum atomic E-state index is 12.4. The number of methoxy groups -OCH3 is 1. The number of aromatic nitrogens is 2. The van der Waals surface area contributed by atoms with Crippen LogP contribution in [0.5, 0.6) is 0 Å². The van der Waals surface area contributed by atoms with Crippen LogP contribution in [0.2, 0.25) is 0 Å². The molecule has 3 rings (SSSR count). The Morgan fingerprint density at radius 2 is 1.82 bits per heavy atom. The average Bonchev–Trinajstić information content (AvgIpc) is 3.19. The number of nitrogens with zero attached hydrogens (tertiary/aromatic N) is 3. The molecule has 0 spiro atoms. The zero-order chi connectivity index (χ0) is 24.8. The van der Waals surface area contributed by atoms with Crippen molar-refractivity contribution < 1.29 is 19.4 Å². The zero-order valence-corrected chi connectivity index (χ0v) is 19.9. The number of hydrogen-bond donors (Lipinski definition) is 1. The van der Waals surface area contributed by atoms with E-state index in [1.54, 1.807) is 24.3 Å². The minimum absolute atomic E-state index is 0.0584. The molecular formula is C27H29N3O4. The molecule has 0 radical (unpaired) electrons. The number of imidazole rings is 1. The van der Waals surface area contributed by atoms with Crippen molar-refractivity contribution in [2.24, 2.45) is 5.92 Å². The largest absolute Gasteiger partial charge is 0.463 e. The number of aliphatic hydroxyl groups excluding tert-OH is 1. The van der Waals surface area contributed by atoms with Gasteiger partial charge in [-0.2, -0.15) is 5.26 Å². The fourth-order valence-corrected chi connectivity index (χ4v) is 3.85. The van der Waals surface area contributed by atoms with Gasteiger partial charge in [0.2, 0.25) is 0 Å².